The molecule has 0 spiro atoms. The summed E-state index contributed by atoms with van der Waals surface area (Å²) < 4.78 is 0. The lowest BCUT2D eigenvalue weighted by Crippen LogP contribution is -2.39. The Morgan fingerprint density at radius 1 is 1.26 bits per heavy atom. The molecule has 0 saturated carbocycles. The van der Waals surface area contributed by atoms with Gasteiger partial charge in [0.1, 0.15) is 11.6 Å². The number of carbonyl (C=O) groups is 1. The predicted octanol–water partition coefficient (Wildman–Crippen LogP) is 2.61. The summed E-state index contributed by atoms with van der Waals surface area (Å²) in [7, 11) is 3.33. The van der Waals surface area contributed by atoms with Gasteiger partial charge in [0.2, 0.25) is 5.91 Å². The summed E-state index contributed by atoms with van der Waals surface area (Å²) in [4.78, 5) is 15.9. The lowest BCUT2D eigenvalue weighted by molar-refractivity contribution is -0.128. The lowest BCUT2D eigenvalue weighted by Gasteiger charge is -2.23. The fourth-order valence-electron chi connectivity index (χ4n) is 1.49. The average Bonchev–Trinajstić information content (AvgIpc) is 2.36. The second kappa shape index (κ2) is 6.30. The van der Waals surface area contributed by atoms with Gasteiger partial charge in [0.15, 0.2) is 0 Å². The van der Waals surface area contributed by atoms with E-state index in [9.17, 15) is 4.79 Å². The highest BCUT2D eigenvalue weighted by Crippen LogP contribution is 2.29. The molecule has 0 aliphatic carbocycles. The van der Waals surface area contributed by atoms with Crippen molar-refractivity contribution in [3.8, 4) is 0 Å². The van der Waals surface area contributed by atoms with Crippen LogP contribution in [-0.2, 0) is 4.79 Å². The molecule has 19 heavy (non-hydrogen) atoms. The van der Waals surface area contributed by atoms with Crippen molar-refractivity contribution in [2.24, 2.45) is 5.41 Å². The molecule has 1 aromatic rings. The van der Waals surface area contributed by atoms with Crippen molar-refractivity contribution in [3.63, 3.8) is 0 Å². The number of hydrogen-bond acceptors (Lipinski definition) is 4. The van der Waals surface area contributed by atoms with Crippen molar-refractivity contribution in [2.75, 3.05) is 31.3 Å². The zero-order valence-electron chi connectivity index (χ0n) is 11.4. The van der Waals surface area contributed by atoms with Gasteiger partial charge in [-0.25, -0.2) is 4.98 Å². The molecule has 0 atom stereocenters. The predicted molar refractivity (Wildman–Crippen MR) is 80.1 cm³/mol. The molecule has 0 aromatic carbocycles. The van der Waals surface area contributed by atoms with Gasteiger partial charge in [-0.3, -0.25) is 4.79 Å². The summed E-state index contributed by atoms with van der Waals surface area (Å²) in [6.07, 6.45) is 0. The molecule has 7 heteroatoms. The molecule has 106 valence electrons. The largest absolute Gasteiger partial charge is 0.372 e. The van der Waals surface area contributed by atoms with Crippen LogP contribution < -0.4 is 16.0 Å². The highest BCUT2D eigenvalue weighted by molar-refractivity contribution is 6.37. The Morgan fingerprint density at radius 3 is 2.37 bits per heavy atom. The SMILES string of the molecule is CNC(=O)C(C)(C)CNc1nc(NC)c(Cl)cc1Cl. The van der Waals surface area contributed by atoms with E-state index in [1.807, 2.05) is 13.8 Å². The first-order chi connectivity index (χ1) is 8.81. The maximum absolute atomic E-state index is 11.7. The molecule has 0 unspecified atom stereocenters. The topological polar surface area (TPSA) is 66.0 Å². The molecule has 0 fully saturated rings. The van der Waals surface area contributed by atoms with Crippen LogP contribution in [0.15, 0.2) is 6.07 Å². The number of amides is 1. The molecular formula is C12H18Cl2N4O. The Kier molecular flexibility index (Phi) is 5.26. The minimum absolute atomic E-state index is 0.0566. The van der Waals surface area contributed by atoms with Crippen molar-refractivity contribution in [2.45, 2.75) is 13.8 Å². The van der Waals surface area contributed by atoms with E-state index in [0.29, 0.717) is 28.2 Å². The van der Waals surface area contributed by atoms with Crippen molar-refractivity contribution in [3.05, 3.63) is 16.1 Å². The Morgan fingerprint density at radius 2 is 1.84 bits per heavy atom. The minimum atomic E-state index is -0.570. The number of rotatable bonds is 5. The summed E-state index contributed by atoms with van der Waals surface area (Å²) >= 11 is 12.0. The number of nitrogens with one attached hydrogen (secondary N) is 3. The van der Waals surface area contributed by atoms with Crippen molar-refractivity contribution >= 4 is 40.7 Å². The Labute approximate surface area is 123 Å². The third-order valence-electron chi connectivity index (χ3n) is 2.71. The first-order valence-corrected chi connectivity index (χ1v) is 6.57. The molecule has 0 radical (unpaired) electrons. The quantitative estimate of drug-likeness (QED) is 0.782. The number of pyridine rings is 1. The van der Waals surface area contributed by atoms with Crippen molar-refractivity contribution in [1.82, 2.24) is 10.3 Å². The molecule has 1 heterocycles. The number of anilines is 2. The Hall–Kier alpha value is -1.20. The average molecular weight is 305 g/mol. The van der Waals surface area contributed by atoms with Crippen molar-refractivity contribution in [1.29, 1.82) is 0 Å². The molecule has 0 aliphatic heterocycles. The molecule has 1 rings (SSSR count). The normalized spacial score (nSPS) is 11.1. The molecule has 1 amide bonds. The monoisotopic (exact) mass is 304 g/mol. The van der Waals surface area contributed by atoms with E-state index in [2.05, 4.69) is 20.9 Å². The van der Waals surface area contributed by atoms with E-state index in [-0.39, 0.29) is 5.91 Å². The van der Waals surface area contributed by atoms with Gasteiger partial charge in [0, 0.05) is 20.6 Å². The number of nitrogens with zero attached hydrogens (tertiary/aromatic N) is 1. The molecule has 1 aromatic heterocycles. The Bertz CT molecular complexity index is 477. The first-order valence-electron chi connectivity index (χ1n) is 5.81. The van der Waals surface area contributed by atoms with Gasteiger partial charge in [-0.1, -0.05) is 23.2 Å². The van der Waals surface area contributed by atoms with Gasteiger partial charge < -0.3 is 16.0 Å². The van der Waals surface area contributed by atoms with Crippen LogP contribution in [0.1, 0.15) is 13.8 Å². The molecule has 5 nitrogen and oxygen atoms in total. The zero-order chi connectivity index (χ0) is 14.6. The van der Waals surface area contributed by atoms with E-state index in [1.165, 1.54) is 0 Å². The molecular weight excluding hydrogens is 287 g/mol. The van der Waals surface area contributed by atoms with Crippen LogP contribution in [-0.4, -0.2) is 31.5 Å². The zero-order valence-corrected chi connectivity index (χ0v) is 12.9. The summed E-state index contributed by atoms with van der Waals surface area (Å²) in [5.41, 5.74) is -0.570. The lowest BCUT2D eigenvalue weighted by atomic mass is 9.92. The Balaban J connectivity index is 2.86. The summed E-state index contributed by atoms with van der Waals surface area (Å²) in [6, 6.07) is 1.61. The fraction of sp³-hybridized carbons (Fsp3) is 0.500. The summed E-state index contributed by atoms with van der Waals surface area (Å²) in [5.74, 6) is 0.970. The molecule has 0 saturated heterocycles. The molecule has 0 bridgehead atoms. The number of aromatic nitrogens is 1. The van der Waals surface area contributed by atoms with Gasteiger partial charge in [-0.05, 0) is 19.9 Å². The van der Waals surface area contributed by atoms with Gasteiger partial charge >= 0.3 is 0 Å². The van der Waals surface area contributed by atoms with Crippen LogP contribution in [0.5, 0.6) is 0 Å². The minimum Gasteiger partial charge on any atom is -0.372 e. The highest BCUT2D eigenvalue weighted by atomic mass is 35.5. The van der Waals surface area contributed by atoms with Gasteiger partial charge in [-0.2, -0.15) is 0 Å². The second-order valence-corrected chi connectivity index (χ2v) is 5.53. The number of halogens is 2. The standard InChI is InChI=1S/C12H18Cl2N4O/c1-12(2,11(19)16-4)6-17-10-8(14)5-7(13)9(15-3)18-10/h5H,6H2,1-4H3,(H,16,19)(H2,15,17,18). The van der Waals surface area contributed by atoms with Crippen LogP contribution >= 0.6 is 23.2 Å². The van der Waals surface area contributed by atoms with E-state index in [0.717, 1.165) is 0 Å². The van der Waals surface area contributed by atoms with Crippen LogP contribution in [0, 0.1) is 5.41 Å². The summed E-state index contributed by atoms with van der Waals surface area (Å²) in [5, 5.41) is 9.42. The van der Waals surface area contributed by atoms with Crippen LogP contribution in [0.25, 0.3) is 0 Å². The molecule has 0 aliphatic rings. The van der Waals surface area contributed by atoms with E-state index in [4.69, 9.17) is 23.2 Å². The highest BCUT2D eigenvalue weighted by Gasteiger charge is 2.26. The third-order valence-corrected chi connectivity index (χ3v) is 3.28. The number of hydrogen-bond donors (Lipinski definition) is 3. The second-order valence-electron chi connectivity index (χ2n) is 4.72. The van der Waals surface area contributed by atoms with E-state index in [1.54, 1.807) is 20.2 Å². The first kappa shape index (κ1) is 15.9. The van der Waals surface area contributed by atoms with Crippen LogP contribution in [0.4, 0.5) is 11.6 Å². The maximum atomic E-state index is 11.7. The summed E-state index contributed by atoms with van der Waals surface area (Å²) in [6.45, 7) is 4.08. The van der Waals surface area contributed by atoms with Crippen LogP contribution in [0.2, 0.25) is 10.0 Å². The molecule has 3 N–H and O–H groups in total. The smallest absolute Gasteiger partial charge is 0.227 e. The van der Waals surface area contributed by atoms with Gasteiger partial charge in [-0.15, -0.1) is 0 Å². The van der Waals surface area contributed by atoms with E-state index >= 15 is 0 Å². The van der Waals surface area contributed by atoms with Crippen LogP contribution in [0.3, 0.4) is 0 Å². The number of carbonyl (C=O) groups excluding carboxylic acids is 1. The maximum Gasteiger partial charge on any atom is 0.227 e. The third kappa shape index (κ3) is 3.88. The van der Waals surface area contributed by atoms with Gasteiger partial charge in [0.25, 0.3) is 0 Å². The van der Waals surface area contributed by atoms with Crippen molar-refractivity contribution < 1.29 is 4.79 Å². The van der Waals surface area contributed by atoms with E-state index < -0.39 is 5.41 Å². The fourth-order valence-corrected chi connectivity index (χ4v) is 2.01. The van der Waals surface area contributed by atoms with Gasteiger partial charge in [0.05, 0.1) is 15.5 Å².